The first-order valence-electron chi connectivity index (χ1n) is 9.65. The van der Waals surface area contributed by atoms with Gasteiger partial charge in [0.15, 0.2) is 0 Å². The van der Waals surface area contributed by atoms with Crippen molar-refractivity contribution in [3.05, 3.63) is 36.0 Å². The van der Waals surface area contributed by atoms with E-state index in [1.807, 2.05) is 12.2 Å². The number of carboxylic acids is 1. The third-order valence-electron chi connectivity index (χ3n) is 5.47. The smallest absolute Gasteiger partial charge is 0.329 e. The summed E-state index contributed by atoms with van der Waals surface area (Å²) in [5.74, 6) is -0.342. The van der Waals surface area contributed by atoms with Gasteiger partial charge in [-0.2, -0.15) is 0 Å². The van der Waals surface area contributed by atoms with Crippen LogP contribution in [0.3, 0.4) is 0 Å². The molecule has 1 saturated carbocycles. The lowest BCUT2D eigenvalue weighted by atomic mass is 9.91. The summed E-state index contributed by atoms with van der Waals surface area (Å²) in [6.45, 7) is 6.05. The number of fused-ring (bicyclic) bond motifs is 1. The van der Waals surface area contributed by atoms with Crippen LogP contribution in [0.5, 0.6) is 0 Å². The molecule has 0 bridgehead atoms. The molecular formula is C21H32O5. The maximum absolute atomic E-state index is 10.5. The van der Waals surface area contributed by atoms with Crippen LogP contribution in [0, 0.1) is 17.8 Å². The number of aliphatic carboxylic acids is 1. The first-order chi connectivity index (χ1) is 12.4. The molecule has 0 aromatic rings. The van der Waals surface area contributed by atoms with E-state index < -0.39 is 12.1 Å². The number of allylic oxidation sites excluding steroid dienone is 1. The second-order valence-corrected chi connectivity index (χ2v) is 7.55. The van der Waals surface area contributed by atoms with Crippen molar-refractivity contribution in [2.24, 2.45) is 17.8 Å². The highest BCUT2D eigenvalue weighted by atomic mass is 16.5. The van der Waals surface area contributed by atoms with E-state index in [0.29, 0.717) is 5.92 Å². The fourth-order valence-electron chi connectivity index (χ4n) is 4.07. The first kappa shape index (κ1) is 20.9. The van der Waals surface area contributed by atoms with E-state index in [1.165, 1.54) is 0 Å². The molecule has 2 aliphatic carbocycles. The highest BCUT2D eigenvalue weighted by Gasteiger charge is 2.43. The molecule has 0 radical (unpaired) electrons. The number of aliphatic hydroxyl groups excluding tert-OH is 2. The van der Waals surface area contributed by atoms with Crippen LogP contribution in [0.2, 0.25) is 0 Å². The third-order valence-corrected chi connectivity index (χ3v) is 5.47. The lowest BCUT2D eigenvalue weighted by Gasteiger charge is -2.16. The monoisotopic (exact) mass is 364 g/mol. The van der Waals surface area contributed by atoms with Gasteiger partial charge in [-0.25, -0.2) is 4.79 Å². The second kappa shape index (κ2) is 10.0. The van der Waals surface area contributed by atoms with Gasteiger partial charge in [-0.1, -0.05) is 51.0 Å². The fraction of sp³-hybridized carbons (Fsp3) is 0.667. The SMILES string of the molecule is C=C(COCC(=O)O)C1=C[C@H]2[C@@H](C1)C[C@@H](O)[C@@H]2/C=C/[C@@H](O)CCCCC. The standard InChI is InChI=1S/C21H32O5/c1-3-4-5-6-17(22)7-8-18-19-10-15(9-16(19)11-20(18)23)14(2)12-26-13-21(24)25/h7-8,10,16-20,22-23H,2-6,9,11-13H2,1H3,(H,24,25)/b8-7+/t16-,17-,18+,19-,20+/m0/s1. The zero-order valence-corrected chi connectivity index (χ0v) is 15.6. The van der Waals surface area contributed by atoms with Crippen molar-refractivity contribution in [3.8, 4) is 0 Å². The van der Waals surface area contributed by atoms with Gasteiger partial charge in [-0.15, -0.1) is 0 Å². The van der Waals surface area contributed by atoms with Gasteiger partial charge >= 0.3 is 5.97 Å². The molecule has 1 fully saturated rings. The third kappa shape index (κ3) is 5.79. The van der Waals surface area contributed by atoms with Gasteiger partial charge in [-0.3, -0.25) is 0 Å². The molecule has 0 spiro atoms. The molecule has 5 nitrogen and oxygen atoms in total. The van der Waals surface area contributed by atoms with Crippen LogP contribution in [0.15, 0.2) is 36.0 Å². The molecular weight excluding hydrogens is 332 g/mol. The fourth-order valence-corrected chi connectivity index (χ4v) is 4.07. The van der Waals surface area contributed by atoms with Crippen LogP contribution < -0.4 is 0 Å². The number of unbranched alkanes of at least 4 members (excludes halogenated alkanes) is 2. The van der Waals surface area contributed by atoms with E-state index in [2.05, 4.69) is 19.6 Å². The molecule has 0 amide bonds. The minimum absolute atomic E-state index is 0.0195. The predicted octanol–water partition coefficient (Wildman–Crippen LogP) is 3.08. The van der Waals surface area contributed by atoms with Crippen molar-refractivity contribution in [2.75, 3.05) is 13.2 Å². The largest absolute Gasteiger partial charge is 0.480 e. The van der Waals surface area contributed by atoms with Gasteiger partial charge in [0.1, 0.15) is 6.61 Å². The molecule has 5 atom stereocenters. The second-order valence-electron chi connectivity index (χ2n) is 7.55. The Morgan fingerprint density at radius 3 is 2.88 bits per heavy atom. The quantitative estimate of drug-likeness (QED) is 0.387. The Labute approximate surface area is 156 Å². The summed E-state index contributed by atoms with van der Waals surface area (Å²) in [5.41, 5.74) is 1.93. The molecule has 0 aromatic heterocycles. The number of hydrogen-bond acceptors (Lipinski definition) is 4. The van der Waals surface area contributed by atoms with Gasteiger partial charge in [0, 0.05) is 5.92 Å². The first-order valence-corrected chi connectivity index (χ1v) is 9.65. The molecule has 2 rings (SSSR count). The van der Waals surface area contributed by atoms with Gasteiger partial charge in [0.25, 0.3) is 0 Å². The normalized spacial score (nSPS) is 29.0. The number of ether oxygens (including phenoxy) is 1. The Morgan fingerprint density at radius 2 is 2.19 bits per heavy atom. The van der Waals surface area contributed by atoms with E-state index in [9.17, 15) is 15.0 Å². The summed E-state index contributed by atoms with van der Waals surface area (Å²) in [4.78, 5) is 10.5. The van der Waals surface area contributed by atoms with Crippen molar-refractivity contribution in [1.82, 2.24) is 0 Å². The van der Waals surface area contributed by atoms with Gasteiger partial charge in [0.2, 0.25) is 0 Å². The summed E-state index contributed by atoms with van der Waals surface area (Å²) in [6, 6.07) is 0. The molecule has 0 heterocycles. The van der Waals surface area contributed by atoms with Crippen LogP contribution in [-0.2, 0) is 9.53 Å². The van der Waals surface area contributed by atoms with E-state index in [0.717, 1.165) is 49.7 Å². The number of carbonyl (C=O) groups is 1. The Balaban J connectivity index is 1.90. The Hall–Kier alpha value is -1.43. The number of rotatable bonds is 11. The van der Waals surface area contributed by atoms with E-state index in [-0.39, 0.29) is 31.2 Å². The van der Waals surface area contributed by atoms with E-state index in [1.54, 1.807) is 0 Å². The molecule has 146 valence electrons. The average molecular weight is 364 g/mol. The van der Waals surface area contributed by atoms with Gasteiger partial charge < -0.3 is 20.1 Å². The molecule has 0 saturated heterocycles. The number of carboxylic acid groups (broad SMARTS) is 1. The highest BCUT2D eigenvalue weighted by molar-refractivity contribution is 5.68. The van der Waals surface area contributed by atoms with E-state index >= 15 is 0 Å². The summed E-state index contributed by atoms with van der Waals surface area (Å²) >= 11 is 0. The molecule has 2 aliphatic rings. The summed E-state index contributed by atoms with van der Waals surface area (Å²) < 4.78 is 5.13. The minimum atomic E-state index is -0.985. The van der Waals surface area contributed by atoms with Crippen molar-refractivity contribution < 1.29 is 24.9 Å². The molecule has 3 N–H and O–H groups in total. The van der Waals surface area contributed by atoms with Gasteiger partial charge in [-0.05, 0) is 42.2 Å². The van der Waals surface area contributed by atoms with Crippen LogP contribution in [0.1, 0.15) is 45.4 Å². The lowest BCUT2D eigenvalue weighted by Crippen LogP contribution is -2.16. The molecule has 5 heteroatoms. The van der Waals surface area contributed by atoms with Crippen LogP contribution >= 0.6 is 0 Å². The Kier molecular flexibility index (Phi) is 8.07. The van der Waals surface area contributed by atoms with Gasteiger partial charge in [0.05, 0.1) is 18.8 Å². The van der Waals surface area contributed by atoms with Crippen molar-refractivity contribution in [2.45, 2.75) is 57.7 Å². The maximum atomic E-state index is 10.5. The van der Waals surface area contributed by atoms with Crippen LogP contribution in [0.4, 0.5) is 0 Å². The lowest BCUT2D eigenvalue weighted by molar-refractivity contribution is -0.141. The molecule has 0 unspecified atom stereocenters. The average Bonchev–Trinajstić information content (AvgIpc) is 3.10. The van der Waals surface area contributed by atoms with Crippen molar-refractivity contribution in [3.63, 3.8) is 0 Å². The Bertz CT molecular complexity index is 551. The highest BCUT2D eigenvalue weighted by Crippen LogP contribution is 2.48. The van der Waals surface area contributed by atoms with E-state index in [4.69, 9.17) is 9.84 Å². The molecule has 0 aromatic carbocycles. The maximum Gasteiger partial charge on any atom is 0.329 e. The Morgan fingerprint density at radius 1 is 1.42 bits per heavy atom. The zero-order chi connectivity index (χ0) is 19.1. The van der Waals surface area contributed by atoms with Crippen LogP contribution in [0.25, 0.3) is 0 Å². The number of hydrogen-bond donors (Lipinski definition) is 3. The zero-order valence-electron chi connectivity index (χ0n) is 15.6. The predicted molar refractivity (Wildman–Crippen MR) is 101 cm³/mol. The van der Waals surface area contributed by atoms with Crippen LogP contribution in [-0.4, -0.2) is 46.7 Å². The topological polar surface area (TPSA) is 87.0 Å². The summed E-state index contributed by atoms with van der Waals surface area (Å²) in [6.07, 6.45) is 10.8. The van der Waals surface area contributed by atoms with Crippen molar-refractivity contribution >= 4 is 5.97 Å². The number of aliphatic hydroxyl groups is 2. The molecule has 0 aliphatic heterocycles. The summed E-state index contributed by atoms with van der Waals surface area (Å²) in [7, 11) is 0. The minimum Gasteiger partial charge on any atom is -0.480 e. The van der Waals surface area contributed by atoms with Crippen molar-refractivity contribution in [1.29, 1.82) is 0 Å². The summed E-state index contributed by atoms with van der Waals surface area (Å²) in [5, 5.41) is 29.1. The molecule has 26 heavy (non-hydrogen) atoms.